The van der Waals surface area contributed by atoms with Crippen LogP contribution in [0.15, 0.2) is 42.7 Å². The molecule has 1 saturated heterocycles. The summed E-state index contributed by atoms with van der Waals surface area (Å²) in [5, 5.41) is 9.33. The number of benzene rings is 1. The molecule has 0 aliphatic carbocycles. The molecule has 1 fully saturated rings. The molecule has 23 heavy (non-hydrogen) atoms. The zero-order chi connectivity index (χ0) is 16.4. The standard InChI is InChI=1S/C18H21FN2O2/c1-13-4-5-14(12-22)11-21(13)18(23)15-6-7-17(16(19)10-15)20-8-2-3-9-20/h2-3,6-10,13-14,22H,4-5,11-12H2,1H3. The van der Waals surface area contributed by atoms with Crippen LogP contribution in [-0.4, -0.2) is 39.7 Å². The molecule has 4 nitrogen and oxygen atoms in total. The highest BCUT2D eigenvalue weighted by atomic mass is 19.1. The van der Waals surface area contributed by atoms with Gasteiger partial charge in [-0.05, 0) is 56.0 Å². The van der Waals surface area contributed by atoms with Crippen LogP contribution in [0.25, 0.3) is 5.69 Å². The molecule has 0 saturated carbocycles. The molecule has 3 rings (SSSR count). The number of piperidine rings is 1. The van der Waals surface area contributed by atoms with Crippen molar-refractivity contribution in [3.8, 4) is 5.69 Å². The van der Waals surface area contributed by atoms with Gasteiger partial charge in [0.05, 0.1) is 5.69 Å². The van der Waals surface area contributed by atoms with E-state index in [2.05, 4.69) is 0 Å². The fraction of sp³-hybridized carbons (Fsp3) is 0.389. The average molecular weight is 316 g/mol. The number of halogens is 1. The van der Waals surface area contributed by atoms with Crippen LogP contribution in [0.2, 0.25) is 0 Å². The second kappa shape index (κ2) is 6.54. The molecule has 0 radical (unpaired) electrons. The molecule has 2 unspecified atom stereocenters. The van der Waals surface area contributed by atoms with Crippen molar-refractivity contribution in [2.24, 2.45) is 5.92 Å². The highest BCUT2D eigenvalue weighted by molar-refractivity contribution is 5.94. The van der Waals surface area contributed by atoms with E-state index < -0.39 is 5.82 Å². The second-order valence-electron chi connectivity index (χ2n) is 6.19. The predicted molar refractivity (Wildman–Crippen MR) is 86.0 cm³/mol. The van der Waals surface area contributed by atoms with Gasteiger partial charge < -0.3 is 14.6 Å². The normalized spacial score (nSPS) is 21.4. The summed E-state index contributed by atoms with van der Waals surface area (Å²) in [5.74, 6) is -0.483. The van der Waals surface area contributed by atoms with Gasteiger partial charge in [0, 0.05) is 37.2 Å². The number of aromatic nitrogens is 1. The largest absolute Gasteiger partial charge is 0.396 e. The SMILES string of the molecule is CC1CCC(CO)CN1C(=O)c1ccc(-n2cccc2)c(F)c1. The first-order valence-electron chi connectivity index (χ1n) is 7.95. The number of hydrogen-bond donors (Lipinski definition) is 1. The Morgan fingerprint density at radius 1 is 1.30 bits per heavy atom. The van der Waals surface area contributed by atoms with E-state index in [0.29, 0.717) is 17.8 Å². The molecule has 1 amide bonds. The maximum Gasteiger partial charge on any atom is 0.254 e. The molecule has 1 aliphatic heterocycles. The van der Waals surface area contributed by atoms with E-state index in [4.69, 9.17) is 0 Å². The van der Waals surface area contributed by atoms with Gasteiger partial charge in [-0.15, -0.1) is 0 Å². The molecule has 2 aromatic rings. The molecular weight excluding hydrogens is 295 g/mol. The second-order valence-corrected chi connectivity index (χ2v) is 6.19. The quantitative estimate of drug-likeness (QED) is 0.946. The van der Waals surface area contributed by atoms with Gasteiger partial charge in [0.2, 0.25) is 0 Å². The topological polar surface area (TPSA) is 45.5 Å². The van der Waals surface area contributed by atoms with E-state index >= 15 is 0 Å². The zero-order valence-electron chi connectivity index (χ0n) is 13.2. The third kappa shape index (κ3) is 3.15. The molecule has 1 aromatic heterocycles. The minimum atomic E-state index is -0.421. The number of aliphatic hydroxyl groups excluding tert-OH is 1. The number of carbonyl (C=O) groups is 1. The number of amides is 1. The van der Waals surface area contributed by atoms with E-state index in [0.717, 1.165) is 12.8 Å². The first-order valence-corrected chi connectivity index (χ1v) is 7.95. The van der Waals surface area contributed by atoms with Crippen molar-refractivity contribution in [1.82, 2.24) is 9.47 Å². The van der Waals surface area contributed by atoms with Crippen LogP contribution >= 0.6 is 0 Å². The van der Waals surface area contributed by atoms with Gasteiger partial charge in [-0.25, -0.2) is 4.39 Å². The Kier molecular flexibility index (Phi) is 4.48. The van der Waals surface area contributed by atoms with Crippen molar-refractivity contribution < 1.29 is 14.3 Å². The average Bonchev–Trinajstić information content (AvgIpc) is 3.09. The van der Waals surface area contributed by atoms with Gasteiger partial charge in [0.1, 0.15) is 5.82 Å². The van der Waals surface area contributed by atoms with Crippen LogP contribution in [0.5, 0.6) is 0 Å². The maximum atomic E-state index is 14.3. The molecule has 5 heteroatoms. The molecular formula is C18H21FN2O2. The highest BCUT2D eigenvalue weighted by Crippen LogP contribution is 2.24. The minimum Gasteiger partial charge on any atom is -0.396 e. The highest BCUT2D eigenvalue weighted by Gasteiger charge is 2.29. The van der Waals surface area contributed by atoms with Crippen LogP contribution in [-0.2, 0) is 0 Å². The Hall–Kier alpha value is -2.14. The molecule has 122 valence electrons. The molecule has 2 atom stereocenters. The van der Waals surface area contributed by atoms with Crippen LogP contribution in [0.4, 0.5) is 4.39 Å². The Morgan fingerprint density at radius 2 is 2.04 bits per heavy atom. The van der Waals surface area contributed by atoms with Gasteiger partial charge in [0.15, 0.2) is 0 Å². The molecule has 0 bridgehead atoms. The molecule has 1 N–H and O–H groups in total. The first-order chi connectivity index (χ1) is 11.1. The zero-order valence-corrected chi connectivity index (χ0v) is 13.2. The number of carbonyl (C=O) groups excluding carboxylic acids is 1. The van der Waals surface area contributed by atoms with Crippen molar-refractivity contribution >= 4 is 5.91 Å². The molecule has 2 heterocycles. The summed E-state index contributed by atoms with van der Waals surface area (Å²) >= 11 is 0. The van der Waals surface area contributed by atoms with E-state index in [1.165, 1.54) is 6.07 Å². The lowest BCUT2D eigenvalue weighted by Crippen LogP contribution is -2.46. The third-order valence-corrected chi connectivity index (χ3v) is 4.58. The Bertz CT molecular complexity index is 684. The number of rotatable bonds is 3. The lowest BCUT2D eigenvalue weighted by Gasteiger charge is -2.37. The van der Waals surface area contributed by atoms with E-state index in [1.807, 2.05) is 19.1 Å². The fourth-order valence-electron chi connectivity index (χ4n) is 3.12. The lowest BCUT2D eigenvalue weighted by molar-refractivity contribution is 0.0488. The maximum absolute atomic E-state index is 14.3. The molecule has 1 aliphatic rings. The number of aliphatic hydroxyl groups is 1. The summed E-state index contributed by atoms with van der Waals surface area (Å²) in [6.45, 7) is 2.60. The van der Waals surface area contributed by atoms with Gasteiger partial charge in [0.25, 0.3) is 5.91 Å². The molecule has 1 aromatic carbocycles. The van der Waals surface area contributed by atoms with E-state index in [1.54, 1.807) is 34.0 Å². The number of hydrogen-bond acceptors (Lipinski definition) is 2. The predicted octanol–water partition coefficient (Wildman–Crippen LogP) is 2.85. The van der Waals surface area contributed by atoms with Crippen molar-refractivity contribution in [2.75, 3.05) is 13.2 Å². The Balaban J connectivity index is 1.83. The van der Waals surface area contributed by atoms with Crippen LogP contribution < -0.4 is 0 Å². The van der Waals surface area contributed by atoms with E-state index in [-0.39, 0.29) is 24.5 Å². The summed E-state index contributed by atoms with van der Waals surface area (Å²) in [6, 6.07) is 8.34. The minimum absolute atomic E-state index is 0.0808. The van der Waals surface area contributed by atoms with Crippen LogP contribution in [0.3, 0.4) is 0 Å². The number of likely N-dealkylation sites (tertiary alicyclic amines) is 1. The fourth-order valence-corrected chi connectivity index (χ4v) is 3.12. The Labute approximate surface area is 135 Å². The lowest BCUT2D eigenvalue weighted by atomic mass is 9.93. The molecule has 0 spiro atoms. The monoisotopic (exact) mass is 316 g/mol. The summed E-state index contributed by atoms with van der Waals surface area (Å²) in [7, 11) is 0. The summed E-state index contributed by atoms with van der Waals surface area (Å²) in [6.07, 6.45) is 5.31. The summed E-state index contributed by atoms with van der Waals surface area (Å²) in [5.41, 5.74) is 0.773. The van der Waals surface area contributed by atoms with Gasteiger partial charge in [-0.2, -0.15) is 0 Å². The Morgan fingerprint density at radius 3 is 2.70 bits per heavy atom. The van der Waals surface area contributed by atoms with Gasteiger partial charge >= 0.3 is 0 Å². The van der Waals surface area contributed by atoms with E-state index in [9.17, 15) is 14.3 Å². The van der Waals surface area contributed by atoms with Crippen LogP contribution in [0, 0.1) is 11.7 Å². The number of nitrogens with zero attached hydrogens (tertiary/aromatic N) is 2. The summed E-state index contributed by atoms with van der Waals surface area (Å²) < 4.78 is 16.0. The first kappa shape index (κ1) is 15.7. The van der Waals surface area contributed by atoms with Gasteiger partial charge in [-0.3, -0.25) is 4.79 Å². The smallest absolute Gasteiger partial charge is 0.254 e. The van der Waals surface area contributed by atoms with Crippen molar-refractivity contribution in [3.63, 3.8) is 0 Å². The van der Waals surface area contributed by atoms with Crippen LogP contribution in [0.1, 0.15) is 30.1 Å². The van der Waals surface area contributed by atoms with Gasteiger partial charge in [-0.1, -0.05) is 0 Å². The van der Waals surface area contributed by atoms with Crippen molar-refractivity contribution in [3.05, 3.63) is 54.1 Å². The van der Waals surface area contributed by atoms with Crippen molar-refractivity contribution in [1.29, 1.82) is 0 Å². The van der Waals surface area contributed by atoms with Crippen molar-refractivity contribution in [2.45, 2.75) is 25.8 Å². The third-order valence-electron chi connectivity index (χ3n) is 4.58. The summed E-state index contributed by atoms with van der Waals surface area (Å²) in [4.78, 5) is 14.4.